The highest BCUT2D eigenvalue weighted by molar-refractivity contribution is 7.66. The molecule has 32 heavy (non-hydrogen) atoms. The van der Waals surface area contributed by atoms with Gasteiger partial charge in [-0.15, -0.1) is 0 Å². The number of aromatic nitrogens is 4. The molecule has 4 rings (SSSR count). The first-order chi connectivity index (χ1) is 14.7. The van der Waals surface area contributed by atoms with E-state index in [9.17, 15) is 23.7 Å². The fraction of sp³-hybridized carbons (Fsp3) is 0.417. The number of hydrogen-bond acceptors (Lipinski definition) is 11. The maximum Gasteiger partial charge on any atom is 0.490 e. The number of imidazole rings is 1. The van der Waals surface area contributed by atoms with Gasteiger partial charge in [0.05, 0.1) is 19.0 Å². The molecule has 5 atom stereocenters. The number of fused-ring (bicyclic) bond motifs is 3. The Kier molecular flexibility index (Phi) is 5.91. The summed E-state index contributed by atoms with van der Waals surface area (Å²) in [5.74, 6) is 0.520. The topological polar surface area (TPSA) is 249 Å². The number of aliphatic hydroxyl groups excluding tert-OH is 1. The van der Waals surface area contributed by atoms with Gasteiger partial charge in [0.2, 0.25) is 0 Å². The Bertz CT molecular complexity index is 1300. The van der Waals surface area contributed by atoms with Gasteiger partial charge in [0, 0.05) is 12.6 Å². The minimum absolute atomic E-state index is 0.00455. The van der Waals surface area contributed by atoms with E-state index in [4.69, 9.17) is 24.8 Å². The van der Waals surface area contributed by atoms with Crippen LogP contribution >= 0.6 is 23.5 Å². The van der Waals surface area contributed by atoms with Gasteiger partial charge in [0.25, 0.3) is 0 Å². The van der Waals surface area contributed by atoms with Crippen molar-refractivity contribution >= 4 is 46.9 Å². The predicted molar refractivity (Wildman–Crippen MR) is 101 cm³/mol. The average molecular weight is 515 g/mol. The highest BCUT2D eigenvalue weighted by atomic mass is 31.3. The second-order valence-corrected chi connectivity index (χ2v) is 11.1. The lowest BCUT2D eigenvalue weighted by Gasteiger charge is -2.20. The van der Waals surface area contributed by atoms with Crippen LogP contribution in [-0.2, 0) is 31.6 Å². The van der Waals surface area contributed by atoms with Crippen LogP contribution < -0.4 is 5.49 Å². The third kappa shape index (κ3) is 4.84. The Labute approximate surface area is 177 Å². The summed E-state index contributed by atoms with van der Waals surface area (Å²) < 4.78 is 54.5. The largest absolute Gasteiger partial charge is 0.490 e. The van der Waals surface area contributed by atoms with E-state index >= 15 is 0 Å². The average Bonchev–Trinajstić information content (AvgIpc) is 3.17. The Hall–Kier alpha value is -1.58. The molecule has 0 amide bonds. The maximum absolute atomic E-state index is 11.8. The molecule has 2 aliphatic rings. The molecule has 4 heterocycles. The molecule has 1 saturated heterocycles. The summed E-state index contributed by atoms with van der Waals surface area (Å²) in [6, 6.07) is 0. The van der Waals surface area contributed by atoms with Gasteiger partial charge in [0.1, 0.15) is 18.2 Å². The van der Waals surface area contributed by atoms with Crippen LogP contribution in [0, 0.1) is 5.41 Å². The maximum atomic E-state index is 11.8. The highest BCUT2D eigenvalue weighted by Gasteiger charge is 2.43. The summed E-state index contributed by atoms with van der Waals surface area (Å²) in [5.41, 5.74) is 0.707. The molecule has 0 bridgehead atoms. The molecular weight excluding hydrogens is 499 g/mol. The summed E-state index contributed by atoms with van der Waals surface area (Å²) in [6.45, 7) is -0.787. The zero-order valence-electron chi connectivity index (χ0n) is 15.6. The molecular formula is C12H16N5O12P3. The van der Waals surface area contributed by atoms with Gasteiger partial charge in [0.15, 0.2) is 16.7 Å². The van der Waals surface area contributed by atoms with E-state index in [0.29, 0.717) is 11.5 Å². The smallest absolute Gasteiger partial charge is 0.390 e. The van der Waals surface area contributed by atoms with Crippen molar-refractivity contribution in [1.29, 1.82) is 5.41 Å². The molecule has 17 nitrogen and oxygen atoms in total. The molecule has 0 aliphatic carbocycles. The van der Waals surface area contributed by atoms with Crippen molar-refractivity contribution < 1.29 is 56.3 Å². The monoisotopic (exact) mass is 515 g/mol. The molecule has 20 heteroatoms. The molecule has 0 radical (unpaired) electrons. The van der Waals surface area contributed by atoms with Gasteiger partial charge in [-0.05, 0) is 6.08 Å². The number of nitrogens with one attached hydrogen (secondary N) is 1. The van der Waals surface area contributed by atoms with Crippen LogP contribution in [0.5, 0.6) is 0 Å². The minimum Gasteiger partial charge on any atom is -0.390 e. The number of nitrogens with zero attached hydrogens (tertiary/aromatic N) is 4. The van der Waals surface area contributed by atoms with Gasteiger partial charge in [-0.3, -0.25) is 19.1 Å². The molecule has 176 valence electrons. The van der Waals surface area contributed by atoms with Gasteiger partial charge < -0.3 is 29.4 Å². The summed E-state index contributed by atoms with van der Waals surface area (Å²) in [7, 11) is -16.5. The Morgan fingerprint density at radius 1 is 1.19 bits per heavy atom. The lowest BCUT2D eigenvalue weighted by molar-refractivity contribution is -0.0424. The third-order valence-electron chi connectivity index (χ3n) is 4.40. The fourth-order valence-corrected chi connectivity index (χ4v) is 6.16. The van der Waals surface area contributed by atoms with Crippen LogP contribution in [0.2, 0.25) is 0 Å². The van der Waals surface area contributed by atoms with Crippen molar-refractivity contribution in [3.8, 4) is 0 Å². The van der Waals surface area contributed by atoms with E-state index in [1.54, 1.807) is 16.8 Å². The standard InChI is InChI=1S/C12H16N5O12P3/c13-11-10-12(16-2-1-8(16)15-11)17(5-14-10)9-3-6(18)7(27-9)4-26-31(22,23)29-32(24,25)28-30(19,20)21/h1-2,5-7,9,13,18H,3-4H2,(H,22,23)(H,24,25)(H2,19,20,21)/t6-,7+,9+/m0/s1. The second-order valence-electron chi connectivity index (χ2n) is 6.65. The van der Waals surface area contributed by atoms with Crippen LogP contribution in [-0.4, -0.2) is 62.6 Å². The molecule has 2 aromatic rings. The van der Waals surface area contributed by atoms with Crippen LogP contribution in [0.25, 0.3) is 23.4 Å². The number of rotatable bonds is 8. The van der Waals surface area contributed by atoms with Crippen LogP contribution in [0.4, 0.5) is 0 Å². The Balaban J connectivity index is 1.44. The van der Waals surface area contributed by atoms with Gasteiger partial charge in [-0.25, -0.2) is 23.7 Å². The van der Waals surface area contributed by atoms with Gasteiger partial charge in [-0.1, -0.05) is 0 Å². The van der Waals surface area contributed by atoms with Crippen molar-refractivity contribution in [1.82, 2.24) is 19.1 Å². The van der Waals surface area contributed by atoms with E-state index in [-0.39, 0.29) is 17.4 Å². The lowest BCUT2D eigenvalue weighted by Crippen LogP contribution is -2.26. The van der Waals surface area contributed by atoms with Crippen LogP contribution in [0.3, 0.4) is 0 Å². The third-order valence-corrected chi connectivity index (χ3v) is 8.20. The molecule has 2 aliphatic heterocycles. The number of aliphatic hydroxyl groups is 1. The van der Waals surface area contributed by atoms with E-state index < -0.39 is 48.5 Å². The number of hydrogen-bond donors (Lipinski definition) is 6. The van der Waals surface area contributed by atoms with E-state index in [0.717, 1.165) is 0 Å². The van der Waals surface area contributed by atoms with Crippen molar-refractivity contribution in [3.63, 3.8) is 0 Å². The summed E-state index contributed by atoms with van der Waals surface area (Å²) >= 11 is 0. The van der Waals surface area contributed by atoms with E-state index in [2.05, 4.69) is 23.1 Å². The Morgan fingerprint density at radius 2 is 1.91 bits per heavy atom. The lowest BCUT2D eigenvalue weighted by atomic mass is 10.2. The molecule has 0 aromatic carbocycles. The Morgan fingerprint density at radius 3 is 2.53 bits per heavy atom. The highest BCUT2D eigenvalue weighted by Crippen LogP contribution is 2.66. The first kappa shape index (κ1) is 23.6. The number of phosphoric acid groups is 3. The van der Waals surface area contributed by atoms with Gasteiger partial charge in [-0.2, -0.15) is 8.62 Å². The summed E-state index contributed by atoms with van der Waals surface area (Å²) in [6.07, 6.45) is 1.57. The molecule has 2 aromatic heterocycles. The number of phosphoric ester groups is 1. The normalized spacial score (nSPS) is 26.5. The molecule has 6 N–H and O–H groups in total. The fourth-order valence-electron chi connectivity index (χ4n) is 3.13. The summed E-state index contributed by atoms with van der Waals surface area (Å²) in [5, 5.41) is 18.2. The van der Waals surface area contributed by atoms with Crippen LogP contribution in [0.1, 0.15) is 18.5 Å². The van der Waals surface area contributed by atoms with E-state index in [1.165, 1.54) is 10.9 Å². The molecule has 1 fully saturated rings. The van der Waals surface area contributed by atoms with E-state index in [1.807, 2.05) is 0 Å². The quantitative estimate of drug-likeness (QED) is 0.210. The summed E-state index contributed by atoms with van der Waals surface area (Å²) in [4.78, 5) is 43.9. The first-order valence-corrected chi connectivity index (χ1v) is 13.1. The predicted octanol–water partition coefficient (Wildman–Crippen LogP) is -0.355. The van der Waals surface area contributed by atoms with Gasteiger partial charge >= 0.3 is 23.5 Å². The van der Waals surface area contributed by atoms with Crippen molar-refractivity contribution in [2.75, 3.05) is 6.61 Å². The number of ether oxygens (including phenoxy) is 1. The molecule has 2 unspecified atom stereocenters. The first-order valence-electron chi connectivity index (χ1n) is 8.58. The zero-order valence-corrected chi connectivity index (χ0v) is 18.3. The molecule has 0 spiro atoms. The van der Waals surface area contributed by atoms with Crippen molar-refractivity contribution in [2.45, 2.75) is 24.9 Å². The van der Waals surface area contributed by atoms with Crippen LogP contribution in [0.15, 0.2) is 6.33 Å². The SMILES string of the molecule is N=c1nc2n(c3c1ncn3[C@H]1C[C@H](O)[C@@H](COP(=O)(O)OP(=O)(O)OP(=O)(O)O)O1)C=C2. The minimum atomic E-state index is -5.65. The molecule has 0 saturated carbocycles. The zero-order chi connectivity index (χ0) is 23.5. The second kappa shape index (κ2) is 8.02. The van der Waals surface area contributed by atoms with Crippen molar-refractivity contribution in [3.05, 3.63) is 17.6 Å². The van der Waals surface area contributed by atoms with Crippen molar-refractivity contribution in [2.24, 2.45) is 0 Å².